The molecule has 1 heterocycles. The van der Waals surface area contributed by atoms with E-state index in [4.69, 9.17) is 15.0 Å². The van der Waals surface area contributed by atoms with Gasteiger partial charge in [-0.2, -0.15) is 0 Å². The molecule has 2 N–H and O–H groups in total. The molecule has 6 heteroatoms. The van der Waals surface area contributed by atoms with Crippen LogP contribution in [0.2, 0.25) is 0 Å². The number of benzene rings is 2. The lowest BCUT2D eigenvalue weighted by molar-refractivity contribution is 0.142. The topological polar surface area (TPSA) is 86.5 Å². The minimum Gasteiger partial charge on any atom is -0.421 e. The van der Waals surface area contributed by atoms with Gasteiger partial charge in [0.1, 0.15) is 6.61 Å². The van der Waals surface area contributed by atoms with Gasteiger partial charge in [-0.1, -0.05) is 35.5 Å². The minimum absolute atomic E-state index is 0.369. The molecular formula is C18H18N4O2. The summed E-state index contributed by atoms with van der Waals surface area (Å²) >= 11 is 0. The second-order valence-corrected chi connectivity index (χ2v) is 5.25. The Labute approximate surface area is 140 Å². The van der Waals surface area contributed by atoms with Crippen LogP contribution in [-0.4, -0.2) is 22.5 Å². The number of nitrogens with two attached hydrogens (primary N) is 1. The van der Waals surface area contributed by atoms with Gasteiger partial charge in [0, 0.05) is 11.3 Å². The number of aromatic nitrogens is 2. The molecule has 1 aromatic heterocycles. The van der Waals surface area contributed by atoms with Gasteiger partial charge in [-0.05, 0) is 36.8 Å². The van der Waals surface area contributed by atoms with Crippen molar-refractivity contribution < 1.29 is 9.25 Å². The van der Waals surface area contributed by atoms with Crippen molar-refractivity contribution >= 4 is 11.4 Å². The van der Waals surface area contributed by atoms with E-state index in [2.05, 4.69) is 15.4 Å². The van der Waals surface area contributed by atoms with Crippen molar-refractivity contribution in [2.45, 2.75) is 13.3 Å². The Morgan fingerprint density at radius 1 is 1.08 bits per heavy atom. The number of nitrogen functional groups attached to an aromatic ring is 1. The quantitative estimate of drug-likeness (QED) is 0.326. The van der Waals surface area contributed by atoms with E-state index in [1.165, 1.54) is 0 Å². The molecule has 0 bridgehead atoms. The molecule has 0 radical (unpaired) electrons. The summed E-state index contributed by atoms with van der Waals surface area (Å²) in [7, 11) is 0. The maximum atomic E-state index is 5.66. The Balaban J connectivity index is 1.53. The third-order valence-electron chi connectivity index (χ3n) is 3.42. The summed E-state index contributed by atoms with van der Waals surface area (Å²) in [6, 6.07) is 17.1. The molecule has 0 saturated heterocycles. The highest BCUT2D eigenvalue weighted by Crippen LogP contribution is 2.19. The first-order chi connectivity index (χ1) is 11.7. The van der Waals surface area contributed by atoms with Crippen LogP contribution in [0.3, 0.4) is 0 Å². The Hall–Kier alpha value is -3.15. The van der Waals surface area contributed by atoms with E-state index in [0.717, 1.165) is 16.8 Å². The lowest BCUT2D eigenvalue weighted by Crippen LogP contribution is -1.99. The Morgan fingerprint density at radius 2 is 1.83 bits per heavy atom. The molecule has 0 unspecified atom stereocenters. The predicted molar refractivity (Wildman–Crippen MR) is 92.5 cm³/mol. The number of hydrogen-bond donors (Lipinski definition) is 1. The zero-order valence-electron chi connectivity index (χ0n) is 13.3. The van der Waals surface area contributed by atoms with E-state index in [0.29, 0.717) is 30.5 Å². The maximum Gasteiger partial charge on any atom is 0.247 e. The SMILES string of the molecule is C/C(=N\OCCc1nnc(-c2ccc(N)cc2)o1)c1ccccc1. The maximum absolute atomic E-state index is 5.66. The van der Waals surface area contributed by atoms with Gasteiger partial charge in [-0.25, -0.2) is 0 Å². The standard InChI is InChI=1S/C18H18N4O2/c1-13(14-5-3-2-4-6-14)22-23-12-11-17-20-21-18(24-17)15-7-9-16(19)10-8-15/h2-10H,11-12,19H2,1H3/b22-13+. The Bertz CT molecular complexity index is 811. The van der Waals surface area contributed by atoms with Crippen LogP contribution in [-0.2, 0) is 11.3 Å². The largest absolute Gasteiger partial charge is 0.421 e. The van der Waals surface area contributed by atoms with Crippen LogP contribution >= 0.6 is 0 Å². The molecule has 3 rings (SSSR count). The summed E-state index contributed by atoms with van der Waals surface area (Å²) in [6.07, 6.45) is 0.494. The first-order valence-electron chi connectivity index (χ1n) is 7.62. The fourth-order valence-corrected chi connectivity index (χ4v) is 2.10. The molecule has 0 atom stereocenters. The van der Waals surface area contributed by atoms with E-state index in [1.54, 1.807) is 12.1 Å². The van der Waals surface area contributed by atoms with Gasteiger partial charge < -0.3 is 15.0 Å². The first-order valence-corrected chi connectivity index (χ1v) is 7.62. The average molecular weight is 322 g/mol. The molecular weight excluding hydrogens is 304 g/mol. The second kappa shape index (κ2) is 7.41. The van der Waals surface area contributed by atoms with Crippen molar-refractivity contribution in [1.82, 2.24) is 10.2 Å². The van der Waals surface area contributed by atoms with Crippen molar-refractivity contribution in [3.8, 4) is 11.5 Å². The van der Waals surface area contributed by atoms with E-state index < -0.39 is 0 Å². The van der Waals surface area contributed by atoms with E-state index in [9.17, 15) is 0 Å². The number of rotatable bonds is 6. The highest BCUT2D eigenvalue weighted by Gasteiger charge is 2.08. The number of nitrogens with zero attached hydrogens (tertiary/aromatic N) is 3. The lowest BCUT2D eigenvalue weighted by Gasteiger charge is -2.01. The van der Waals surface area contributed by atoms with Crippen LogP contribution < -0.4 is 5.73 Å². The van der Waals surface area contributed by atoms with Gasteiger partial charge in [0.25, 0.3) is 0 Å². The fourth-order valence-electron chi connectivity index (χ4n) is 2.10. The summed E-state index contributed by atoms with van der Waals surface area (Å²) in [5, 5.41) is 12.1. The van der Waals surface area contributed by atoms with E-state index >= 15 is 0 Å². The highest BCUT2D eigenvalue weighted by atomic mass is 16.6. The monoisotopic (exact) mass is 322 g/mol. The zero-order chi connectivity index (χ0) is 16.8. The van der Waals surface area contributed by atoms with Crippen LogP contribution in [0.25, 0.3) is 11.5 Å². The van der Waals surface area contributed by atoms with E-state index in [1.807, 2.05) is 49.4 Å². The molecule has 0 aliphatic rings. The van der Waals surface area contributed by atoms with Crippen LogP contribution in [0.1, 0.15) is 18.4 Å². The number of hydrogen-bond acceptors (Lipinski definition) is 6. The van der Waals surface area contributed by atoms with Gasteiger partial charge in [-0.15, -0.1) is 10.2 Å². The van der Waals surface area contributed by atoms with Crippen molar-refractivity contribution in [2.75, 3.05) is 12.3 Å². The minimum atomic E-state index is 0.369. The first kappa shape index (κ1) is 15.7. The summed E-state index contributed by atoms with van der Waals surface area (Å²) in [5.41, 5.74) is 9.04. The van der Waals surface area contributed by atoms with Crippen molar-refractivity contribution in [1.29, 1.82) is 0 Å². The normalized spacial score (nSPS) is 11.5. The smallest absolute Gasteiger partial charge is 0.247 e. The third kappa shape index (κ3) is 3.98. The van der Waals surface area contributed by atoms with Gasteiger partial charge >= 0.3 is 0 Å². The molecule has 0 aliphatic carbocycles. The van der Waals surface area contributed by atoms with Crippen LogP contribution in [0, 0.1) is 0 Å². The number of oxime groups is 1. The summed E-state index contributed by atoms with van der Waals surface area (Å²) < 4.78 is 5.61. The summed E-state index contributed by atoms with van der Waals surface area (Å²) in [5.74, 6) is 0.975. The molecule has 0 saturated carbocycles. The predicted octanol–water partition coefficient (Wildman–Crippen LogP) is 3.30. The number of anilines is 1. The fraction of sp³-hybridized carbons (Fsp3) is 0.167. The van der Waals surface area contributed by atoms with Crippen molar-refractivity contribution in [3.05, 3.63) is 66.1 Å². The lowest BCUT2D eigenvalue weighted by atomic mass is 10.1. The highest BCUT2D eigenvalue weighted by molar-refractivity contribution is 5.98. The molecule has 3 aromatic rings. The third-order valence-corrected chi connectivity index (χ3v) is 3.42. The molecule has 24 heavy (non-hydrogen) atoms. The molecule has 0 aliphatic heterocycles. The van der Waals surface area contributed by atoms with Gasteiger partial charge in [0.15, 0.2) is 0 Å². The molecule has 2 aromatic carbocycles. The molecule has 122 valence electrons. The average Bonchev–Trinajstić information content (AvgIpc) is 3.09. The Morgan fingerprint density at radius 3 is 2.58 bits per heavy atom. The summed E-state index contributed by atoms with van der Waals surface area (Å²) in [4.78, 5) is 5.33. The van der Waals surface area contributed by atoms with Crippen molar-refractivity contribution in [3.63, 3.8) is 0 Å². The van der Waals surface area contributed by atoms with Crippen LogP contribution in [0.15, 0.2) is 64.2 Å². The Kier molecular flexibility index (Phi) is 4.86. The van der Waals surface area contributed by atoms with E-state index in [-0.39, 0.29) is 0 Å². The van der Waals surface area contributed by atoms with Gasteiger partial charge in [0.2, 0.25) is 11.8 Å². The zero-order valence-corrected chi connectivity index (χ0v) is 13.3. The molecule has 0 fully saturated rings. The molecule has 0 spiro atoms. The molecule has 0 amide bonds. The van der Waals surface area contributed by atoms with Crippen molar-refractivity contribution in [2.24, 2.45) is 5.16 Å². The van der Waals surface area contributed by atoms with Gasteiger partial charge in [-0.3, -0.25) is 0 Å². The second-order valence-electron chi connectivity index (χ2n) is 5.25. The molecule has 6 nitrogen and oxygen atoms in total. The van der Waals surface area contributed by atoms with Crippen LogP contribution in [0.4, 0.5) is 5.69 Å². The van der Waals surface area contributed by atoms with Gasteiger partial charge in [0.05, 0.1) is 12.1 Å². The van der Waals surface area contributed by atoms with Crippen LogP contribution in [0.5, 0.6) is 0 Å². The summed E-state index contributed by atoms with van der Waals surface area (Å²) in [6.45, 7) is 2.27.